The predicted octanol–water partition coefficient (Wildman–Crippen LogP) is -1.49. The van der Waals surface area contributed by atoms with E-state index in [2.05, 4.69) is 4.65 Å². The van der Waals surface area contributed by atoms with Crippen LogP contribution in [-0.4, -0.2) is 12.9 Å². The maximum absolute atomic E-state index is 9.76. The van der Waals surface area contributed by atoms with E-state index in [4.69, 9.17) is 0 Å². The fourth-order valence-corrected chi connectivity index (χ4v) is 0.289. The first-order valence-corrected chi connectivity index (χ1v) is 2.41. The van der Waals surface area contributed by atoms with Crippen LogP contribution in [0.3, 0.4) is 0 Å². The SMILES string of the molecule is CC(C)(C)OB([O-])[O-]. The van der Waals surface area contributed by atoms with E-state index in [0.717, 1.165) is 0 Å². The third-order valence-corrected chi connectivity index (χ3v) is 0.450. The molecule has 0 spiro atoms. The highest BCUT2D eigenvalue weighted by atomic mass is 16.6. The Hall–Kier alpha value is -0.0551. The van der Waals surface area contributed by atoms with Gasteiger partial charge in [-0.05, 0) is 20.8 Å². The zero-order valence-electron chi connectivity index (χ0n) is 5.30. The van der Waals surface area contributed by atoms with Crippen molar-refractivity contribution < 1.29 is 14.7 Å². The molecule has 0 aliphatic rings. The zero-order valence-corrected chi connectivity index (χ0v) is 5.30. The van der Waals surface area contributed by atoms with Crippen molar-refractivity contribution in [2.45, 2.75) is 26.4 Å². The van der Waals surface area contributed by atoms with Gasteiger partial charge in [-0.15, -0.1) is 0 Å². The van der Waals surface area contributed by atoms with Gasteiger partial charge in [-0.25, -0.2) is 0 Å². The molecule has 0 radical (unpaired) electrons. The van der Waals surface area contributed by atoms with Crippen LogP contribution in [0.2, 0.25) is 0 Å². The maximum Gasteiger partial charge on any atom is 0.0611 e. The molecular weight excluding hydrogens is 107 g/mol. The molecule has 0 heterocycles. The summed E-state index contributed by atoms with van der Waals surface area (Å²) in [6.07, 6.45) is 0. The Kier molecular flexibility index (Phi) is 2.46. The maximum atomic E-state index is 9.76. The lowest BCUT2D eigenvalue weighted by Gasteiger charge is -2.35. The monoisotopic (exact) mass is 116 g/mol. The Labute approximate surface area is 49.5 Å². The molecule has 8 heavy (non-hydrogen) atoms. The summed E-state index contributed by atoms with van der Waals surface area (Å²) in [5.41, 5.74) is -0.603. The van der Waals surface area contributed by atoms with Crippen molar-refractivity contribution in [3.63, 3.8) is 0 Å². The molecule has 0 aromatic carbocycles. The van der Waals surface area contributed by atoms with E-state index in [1.807, 2.05) is 0 Å². The highest BCUT2D eigenvalue weighted by Crippen LogP contribution is 2.04. The zero-order chi connectivity index (χ0) is 6.78. The summed E-state index contributed by atoms with van der Waals surface area (Å²) in [6.45, 7) is 4.99. The van der Waals surface area contributed by atoms with Crippen LogP contribution in [0.1, 0.15) is 20.8 Å². The van der Waals surface area contributed by atoms with E-state index >= 15 is 0 Å². The summed E-state index contributed by atoms with van der Waals surface area (Å²) < 4.78 is 4.33. The third-order valence-electron chi connectivity index (χ3n) is 0.450. The summed E-state index contributed by atoms with van der Waals surface area (Å²) in [6, 6.07) is 0. The largest absolute Gasteiger partial charge is 0.871 e. The average Bonchev–Trinajstić information content (AvgIpc) is 1.21. The Morgan fingerprint density at radius 3 is 1.62 bits per heavy atom. The molecule has 0 saturated heterocycles. The van der Waals surface area contributed by atoms with Crippen LogP contribution in [0.4, 0.5) is 0 Å². The van der Waals surface area contributed by atoms with Crippen molar-refractivity contribution in [1.29, 1.82) is 0 Å². The molecule has 3 nitrogen and oxygen atoms in total. The van der Waals surface area contributed by atoms with E-state index in [1.54, 1.807) is 20.8 Å². The van der Waals surface area contributed by atoms with Crippen molar-refractivity contribution in [1.82, 2.24) is 0 Å². The van der Waals surface area contributed by atoms with Gasteiger partial charge >= 0.3 is 0 Å². The van der Waals surface area contributed by atoms with Crippen LogP contribution in [-0.2, 0) is 4.65 Å². The van der Waals surface area contributed by atoms with Gasteiger partial charge in [0.05, 0.1) is 7.32 Å². The summed E-state index contributed by atoms with van der Waals surface area (Å²) in [7, 11) is -2.16. The summed E-state index contributed by atoms with van der Waals surface area (Å²) in [5, 5.41) is 19.5. The lowest BCUT2D eigenvalue weighted by Crippen LogP contribution is -2.51. The minimum Gasteiger partial charge on any atom is -0.871 e. The molecular formula is C4H9BO3-2. The standard InChI is InChI=1S/C4H9BO3/c1-4(2,3)8-5(6)7/h1-3H3/q-2. The predicted molar refractivity (Wildman–Crippen MR) is 26.6 cm³/mol. The molecule has 4 heteroatoms. The quantitative estimate of drug-likeness (QED) is 0.392. The second-order valence-electron chi connectivity index (χ2n) is 2.52. The molecule has 0 unspecified atom stereocenters. The first-order valence-electron chi connectivity index (χ1n) is 2.41. The fourth-order valence-electron chi connectivity index (χ4n) is 0.289. The normalized spacial score (nSPS) is 11.6. The minimum absolute atomic E-state index is 0.603. The van der Waals surface area contributed by atoms with Crippen molar-refractivity contribution in [3.05, 3.63) is 0 Å². The molecule has 0 bridgehead atoms. The molecule has 0 atom stereocenters. The van der Waals surface area contributed by atoms with Gasteiger partial charge in [-0.1, -0.05) is 0 Å². The molecule has 0 N–H and O–H groups in total. The van der Waals surface area contributed by atoms with Crippen LogP contribution in [0.5, 0.6) is 0 Å². The smallest absolute Gasteiger partial charge is 0.0611 e. The van der Waals surface area contributed by atoms with Crippen molar-refractivity contribution in [2.75, 3.05) is 0 Å². The van der Waals surface area contributed by atoms with Gasteiger partial charge in [-0.3, -0.25) is 0 Å². The molecule has 0 aromatic heterocycles. The number of rotatable bonds is 1. The number of hydrogen-bond donors (Lipinski definition) is 0. The molecule has 0 aliphatic carbocycles. The molecule has 0 aliphatic heterocycles. The van der Waals surface area contributed by atoms with E-state index in [1.165, 1.54) is 0 Å². The summed E-state index contributed by atoms with van der Waals surface area (Å²) >= 11 is 0. The Morgan fingerprint density at radius 1 is 1.25 bits per heavy atom. The molecule has 0 fully saturated rings. The van der Waals surface area contributed by atoms with Crippen molar-refractivity contribution in [2.24, 2.45) is 0 Å². The molecule has 0 rings (SSSR count). The second-order valence-corrected chi connectivity index (χ2v) is 2.52. The van der Waals surface area contributed by atoms with Crippen LogP contribution in [0.15, 0.2) is 0 Å². The molecule has 0 saturated carbocycles. The fraction of sp³-hybridized carbons (Fsp3) is 1.00. The van der Waals surface area contributed by atoms with Gasteiger partial charge in [0, 0.05) is 5.60 Å². The van der Waals surface area contributed by atoms with Gasteiger partial charge in [0.15, 0.2) is 0 Å². The molecule has 0 aromatic rings. The third kappa shape index (κ3) is 5.94. The molecule has 48 valence electrons. The highest BCUT2D eigenvalue weighted by molar-refractivity contribution is 6.28. The van der Waals surface area contributed by atoms with E-state index in [9.17, 15) is 10.0 Å². The first-order chi connectivity index (χ1) is 3.42. The van der Waals surface area contributed by atoms with Gasteiger partial charge in [0.1, 0.15) is 0 Å². The lowest BCUT2D eigenvalue weighted by atomic mass is 10.1. The van der Waals surface area contributed by atoms with E-state index in [0.29, 0.717) is 0 Å². The topological polar surface area (TPSA) is 55.3 Å². The minimum atomic E-state index is -2.16. The Morgan fingerprint density at radius 2 is 1.62 bits per heavy atom. The van der Waals surface area contributed by atoms with Crippen molar-refractivity contribution >= 4 is 7.32 Å². The highest BCUT2D eigenvalue weighted by Gasteiger charge is 2.05. The Balaban J connectivity index is 3.39. The summed E-state index contributed by atoms with van der Waals surface area (Å²) in [5.74, 6) is 0. The molecule has 0 amide bonds. The van der Waals surface area contributed by atoms with Gasteiger partial charge in [0.2, 0.25) is 0 Å². The number of hydrogen-bond acceptors (Lipinski definition) is 3. The Bertz CT molecular complexity index is 66.2. The van der Waals surface area contributed by atoms with Crippen LogP contribution < -0.4 is 10.0 Å². The van der Waals surface area contributed by atoms with Gasteiger partial charge < -0.3 is 14.7 Å². The van der Waals surface area contributed by atoms with Crippen LogP contribution >= 0.6 is 0 Å². The van der Waals surface area contributed by atoms with Crippen LogP contribution in [0, 0.1) is 0 Å². The van der Waals surface area contributed by atoms with Gasteiger partial charge in [0.25, 0.3) is 0 Å². The van der Waals surface area contributed by atoms with Crippen LogP contribution in [0.25, 0.3) is 0 Å². The van der Waals surface area contributed by atoms with Gasteiger partial charge in [-0.2, -0.15) is 0 Å². The first kappa shape index (κ1) is 7.94. The van der Waals surface area contributed by atoms with E-state index < -0.39 is 12.9 Å². The van der Waals surface area contributed by atoms with E-state index in [-0.39, 0.29) is 0 Å². The lowest BCUT2D eigenvalue weighted by molar-refractivity contribution is -0.388. The average molecular weight is 116 g/mol. The van der Waals surface area contributed by atoms with Crippen molar-refractivity contribution in [3.8, 4) is 0 Å². The second kappa shape index (κ2) is 2.48. The summed E-state index contributed by atoms with van der Waals surface area (Å²) in [4.78, 5) is 0.